The fourth-order valence-electron chi connectivity index (χ4n) is 3.83. The number of aryl methyl sites for hydroxylation is 1. The molecule has 31 heavy (non-hydrogen) atoms. The number of nitrogens with zero attached hydrogens (tertiary/aromatic N) is 6. The number of hydrogen-bond donors (Lipinski definition) is 2. The van der Waals surface area contributed by atoms with E-state index in [1.165, 1.54) is 6.33 Å². The molecular formula is C22H34N8O. The molecule has 1 fully saturated rings. The van der Waals surface area contributed by atoms with Crippen LogP contribution in [0.2, 0.25) is 0 Å². The molecule has 2 aromatic rings. The van der Waals surface area contributed by atoms with E-state index in [1.54, 1.807) is 11.0 Å². The molecule has 0 spiro atoms. The minimum Gasteiger partial charge on any atom is -0.387 e. The van der Waals surface area contributed by atoms with Gasteiger partial charge >= 0.3 is 6.03 Å². The van der Waals surface area contributed by atoms with Crippen molar-refractivity contribution < 1.29 is 4.79 Å². The van der Waals surface area contributed by atoms with Crippen molar-refractivity contribution in [2.24, 2.45) is 28.5 Å². The van der Waals surface area contributed by atoms with Crippen LogP contribution in [-0.2, 0) is 0 Å². The Morgan fingerprint density at radius 2 is 2.03 bits per heavy atom. The van der Waals surface area contributed by atoms with Gasteiger partial charge in [-0.05, 0) is 50.2 Å². The summed E-state index contributed by atoms with van der Waals surface area (Å²) in [5.74, 6) is 2.45. The van der Waals surface area contributed by atoms with E-state index in [4.69, 9.17) is 5.73 Å². The van der Waals surface area contributed by atoms with Crippen molar-refractivity contribution in [2.75, 3.05) is 25.0 Å². The van der Waals surface area contributed by atoms with Gasteiger partial charge in [0.05, 0.1) is 11.4 Å². The number of aliphatic imine (C=N–C) groups is 1. The monoisotopic (exact) mass is 426 g/mol. The molecule has 1 aliphatic heterocycles. The molecule has 1 aliphatic rings. The van der Waals surface area contributed by atoms with Crippen molar-refractivity contribution in [1.82, 2.24) is 24.6 Å². The number of piperidine rings is 1. The molecule has 0 saturated carbocycles. The van der Waals surface area contributed by atoms with E-state index in [0.717, 1.165) is 56.1 Å². The Balaban J connectivity index is 1.43. The highest BCUT2D eigenvalue weighted by atomic mass is 16.2. The number of anilines is 1. The number of nitrogens with two attached hydrogens (primary N) is 1. The van der Waals surface area contributed by atoms with Crippen LogP contribution in [0.5, 0.6) is 0 Å². The molecule has 0 aliphatic carbocycles. The summed E-state index contributed by atoms with van der Waals surface area (Å²) >= 11 is 0. The quantitative estimate of drug-likeness (QED) is 0.519. The van der Waals surface area contributed by atoms with Gasteiger partial charge in [0.25, 0.3) is 0 Å². The summed E-state index contributed by atoms with van der Waals surface area (Å²) < 4.78 is 1.65. The number of urea groups is 1. The number of carbonyl (C=O) groups excluding carboxylic acids is 1. The Hall–Kier alpha value is -2.97. The zero-order valence-corrected chi connectivity index (χ0v) is 19.0. The standard InChI is InChI=1S/C22H34N8O/c1-15(2)21(23)28-22(31)29-11-8-18(9-12-29)16(3)7-10-25-19-5-6-20(27-17(19)4)30-14-24-13-26-30/h5-6,13-16,18,25H,7-12H2,1-4H3,(H2,23,28,31). The number of amides is 2. The zero-order chi connectivity index (χ0) is 22.4. The van der Waals surface area contributed by atoms with Crippen molar-refractivity contribution in [3.05, 3.63) is 30.5 Å². The molecule has 1 atom stereocenters. The van der Waals surface area contributed by atoms with E-state index in [9.17, 15) is 4.79 Å². The summed E-state index contributed by atoms with van der Waals surface area (Å²) in [5, 5.41) is 7.63. The molecule has 3 heterocycles. The van der Waals surface area contributed by atoms with E-state index >= 15 is 0 Å². The molecule has 0 bridgehead atoms. The molecule has 1 saturated heterocycles. The third kappa shape index (κ3) is 6.02. The van der Waals surface area contributed by atoms with Gasteiger partial charge in [0.2, 0.25) is 0 Å². The van der Waals surface area contributed by atoms with Gasteiger partial charge in [0.1, 0.15) is 18.5 Å². The minimum atomic E-state index is -0.198. The summed E-state index contributed by atoms with van der Waals surface area (Å²) in [6.07, 6.45) is 6.23. The summed E-state index contributed by atoms with van der Waals surface area (Å²) in [7, 11) is 0. The van der Waals surface area contributed by atoms with E-state index in [2.05, 4.69) is 32.3 Å². The van der Waals surface area contributed by atoms with Gasteiger partial charge in [-0.1, -0.05) is 20.8 Å². The number of rotatable bonds is 7. The second-order valence-electron chi connectivity index (χ2n) is 8.63. The molecule has 3 N–H and O–H groups in total. The average Bonchev–Trinajstić information content (AvgIpc) is 3.29. The van der Waals surface area contributed by atoms with Crippen molar-refractivity contribution >= 4 is 17.6 Å². The van der Waals surface area contributed by atoms with Crippen molar-refractivity contribution in [3.8, 4) is 5.82 Å². The van der Waals surface area contributed by atoms with Crippen LogP contribution in [0.1, 0.15) is 45.7 Å². The maximum Gasteiger partial charge on any atom is 0.345 e. The van der Waals surface area contributed by atoms with Crippen molar-refractivity contribution in [3.63, 3.8) is 0 Å². The lowest BCUT2D eigenvalue weighted by atomic mass is 9.83. The Morgan fingerprint density at radius 1 is 1.29 bits per heavy atom. The largest absolute Gasteiger partial charge is 0.387 e. The van der Waals surface area contributed by atoms with Gasteiger partial charge in [0.15, 0.2) is 5.82 Å². The predicted molar refractivity (Wildman–Crippen MR) is 122 cm³/mol. The van der Waals surface area contributed by atoms with Crippen molar-refractivity contribution in [2.45, 2.75) is 47.0 Å². The van der Waals surface area contributed by atoms with Gasteiger partial charge < -0.3 is 16.0 Å². The van der Waals surface area contributed by atoms with Crippen LogP contribution in [0.4, 0.5) is 10.5 Å². The van der Waals surface area contributed by atoms with E-state index in [0.29, 0.717) is 17.7 Å². The summed E-state index contributed by atoms with van der Waals surface area (Å²) in [5.41, 5.74) is 7.81. The molecular weight excluding hydrogens is 392 g/mol. The second-order valence-corrected chi connectivity index (χ2v) is 8.63. The van der Waals surface area contributed by atoms with Crippen LogP contribution in [0.3, 0.4) is 0 Å². The first-order valence-electron chi connectivity index (χ1n) is 11.0. The van der Waals surface area contributed by atoms with Crippen LogP contribution in [-0.4, -0.2) is 56.1 Å². The Morgan fingerprint density at radius 3 is 2.65 bits per heavy atom. The van der Waals surface area contributed by atoms with Gasteiger partial charge in [-0.3, -0.25) is 0 Å². The van der Waals surface area contributed by atoms with Gasteiger partial charge in [-0.2, -0.15) is 10.1 Å². The molecule has 0 aromatic carbocycles. The molecule has 2 aromatic heterocycles. The molecule has 2 amide bonds. The molecule has 168 valence electrons. The first-order chi connectivity index (χ1) is 14.8. The zero-order valence-electron chi connectivity index (χ0n) is 19.0. The topological polar surface area (TPSA) is 114 Å². The maximum atomic E-state index is 12.3. The smallest absolute Gasteiger partial charge is 0.345 e. The number of amidine groups is 1. The van der Waals surface area contributed by atoms with Crippen LogP contribution < -0.4 is 11.1 Å². The van der Waals surface area contributed by atoms with Crippen molar-refractivity contribution in [1.29, 1.82) is 0 Å². The second kappa shape index (κ2) is 10.4. The van der Waals surface area contributed by atoms with Crippen LogP contribution >= 0.6 is 0 Å². The molecule has 0 radical (unpaired) electrons. The summed E-state index contributed by atoms with van der Waals surface area (Å²) in [6, 6.07) is 3.78. The fourth-order valence-corrected chi connectivity index (χ4v) is 3.83. The lowest BCUT2D eigenvalue weighted by Crippen LogP contribution is -2.39. The molecule has 9 nitrogen and oxygen atoms in total. The normalized spacial score (nSPS) is 16.5. The van der Waals surface area contributed by atoms with E-state index in [1.807, 2.05) is 37.8 Å². The lowest BCUT2D eigenvalue weighted by molar-refractivity contribution is 0.158. The van der Waals surface area contributed by atoms with Crippen LogP contribution in [0.15, 0.2) is 29.8 Å². The number of aromatic nitrogens is 4. The highest BCUT2D eigenvalue weighted by molar-refractivity contribution is 5.93. The number of nitrogens with one attached hydrogen (secondary N) is 1. The fraction of sp³-hybridized carbons (Fsp3) is 0.591. The van der Waals surface area contributed by atoms with Crippen LogP contribution in [0.25, 0.3) is 5.82 Å². The van der Waals surface area contributed by atoms with Gasteiger partial charge in [-0.25, -0.2) is 19.4 Å². The number of carbonyl (C=O) groups is 1. The van der Waals surface area contributed by atoms with E-state index < -0.39 is 0 Å². The third-order valence-electron chi connectivity index (χ3n) is 6.07. The SMILES string of the molecule is Cc1nc(-n2cncn2)ccc1NCCC(C)C1CCN(C(=O)N=C(N)C(C)C)CC1. The van der Waals surface area contributed by atoms with E-state index in [-0.39, 0.29) is 11.9 Å². The highest BCUT2D eigenvalue weighted by Gasteiger charge is 2.26. The molecule has 3 rings (SSSR count). The van der Waals surface area contributed by atoms with Crippen LogP contribution in [0, 0.1) is 24.7 Å². The first kappa shape index (κ1) is 22.7. The summed E-state index contributed by atoms with van der Waals surface area (Å²) in [4.78, 5) is 26.7. The number of pyridine rings is 1. The highest BCUT2D eigenvalue weighted by Crippen LogP contribution is 2.27. The third-order valence-corrected chi connectivity index (χ3v) is 6.07. The summed E-state index contributed by atoms with van der Waals surface area (Å²) in [6.45, 7) is 10.6. The minimum absolute atomic E-state index is 0.0895. The average molecular weight is 427 g/mol. The van der Waals surface area contributed by atoms with Gasteiger partial charge in [-0.15, -0.1) is 0 Å². The Bertz CT molecular complexity index is 885. The lowest BCUT2D eigenvalue weighted by Gasteiger charge is -2.34. The Kier molecular flexibility index (Phi) is 7.59. The number of likely N-dealkylation sites (tertiary alicyclic amines) is 1. The maximum absolute atomic E-state index is 12.3. The van der Waals surface area contributed by atoms with Gasteiger partial charge in [0, 0.05) is 25.6 Å². The molecule has 1 unspecified atom stereocenters. The Labute approximate surface area is 184 Å². The number of hydrogen-bond acceptors (Lipinski definition) is 5. The first-order valence-corrected chi connectivity index (χ1v) is 11.0. The molecule has 9 heteroatoms. The predicted octanol–water partition coefficient (Wildman–Crippen LogP) is 3.25.